The van der Waals surface area contributed by atoms with Gasteiger partial charge in [0.2, 0.25) is 0 Å². The van der Waals surface area contributed by atoms with Crippen LogP contribution in [0.25, 0.3) is 0 Å². The van der Waals surface area contributed by atoms with Crippen LogP contribution in [-0.4, -0.2) is 24.4 Å². The van der Waals surface area contributed by atoms with Crippen LogP contribution in [-0.2, 0) is 16.1 Å². The molecule has 0 saturated carbocycles. The predicted octanol–water partition coefficient (Wildman–Crippen LogP) is 1.44. The van der Waals surface area contributed by atoms with Crippen molar-refractivity contribution in [1.82, 2.24) is 0 Å². The Bertz CT molecular complexity index is 449. The molecule has 1 aromatic rings. The summed E-state index contributed by atoms with van der Waals surface area (Å²) in [4.78, 5) is 11.1. The SMILES string of the molecule is NCC(C(=O)O)c1cc(Br)cc2c1OCOC2. The molecule has 1 aliphatic heterocycles. The molecular formula is C11H12BrNO4. The number of carbonyl (C=O) groups is 1. The molecule has 0 aliphatic carbocycles. The van der Waals surface area contributed by atoms with E-state index in [1.54, 1.807) is 6.07 Å². The van der Waals surface area contributed by atoms with Crippen molar-refractivity contribution >= 4 is 21.9 Å². The van der Waals surface area contributed by atoms with Crippen LogP contribution in [0.3, 0.4) is 0 Å². The zero-order valence-electron chi connectivity index (χ0n) is 8.98. The summed E-state index contributed by atoms with van der Waals surface area (Å²) < 4.78 is 11.3. The first-order chi connectivity index (χ1) is 8.13. The summed E-state index contributed by atoms with van der Waals surface area (Å²) in [5, 5.41) is 9.14. The van der Waals surface area contributed by atoms with Crippen molar-refractivity contribution in [3.05, 3.63) is 27.7 Å². The van der Waals surface area contributed by atoms with Crippen LogP contribution < -0.4 is 10.5 Å². The average molecular weight is 302 g/mol. The Kier molecular flexibility index (Phi) is 3.66. The number of carboxylic acid groups (broad SMARTS) is 1. The van der Waals surface area contributed by atoms with Gasteiger partial charge in [0.25, 0.3) is 0 Å². The number of aliphatic carboxylic acids is 1. The van der Waals surface area contributed by atoms with E-state index in [0.717, 1.165) is 10.0 Å². The smallest absolute Gasteiger partial charge is 0.312 e. The van der Waals surface area contributed by atoms with Crippen molar-refractivity contribution in [2.24, 2.45) is 5.73 Å². The number of rotatable bonds is 3. The van der Waals surface area contributed by atoms with Crippen molar-refractivity contribution in [3.63, 3.8) is 0 Å². The highest BCUT2D eigenvalue weighted by Crippen LogP contribution is 2.36. The van der Waals surface area contributed by atoms with Gasteiger partial charge in [-0.3, -0.25) is 4.79 Å². The van der Waals surface area contributed by atoms with E-state index in [1.165, 1.54) is 0 Å². The Labute approximate surface area is 107 Å². The van der Waals surface area contributed by atoms with Crippen LogP contribution in [0.2, 0.25) is 0 Å². The Morgan fingerprint density at radius 2 is 2.35 bits per heavy atom. The van der Waals surface area contributed by atoms with Gasteiger partial charge in [-0.05, 0) is 12.1 Å². The Morgan fingerprint density at radius 3 is 3.00 bits per heavy atom. The summed E-state index contributed by atoms with van der Waals surface area (Å²) in [7, 11) is 0. The second-order valence-electron chi connectivity index (χ2n) is 3.72. The number of hydrogen-bond acceptors (Lipinski definition) is 4. The number of halogens is 1. The third-order valence-corrected chi connectivity index (χ3v) is 3.07. The summed E-state index contributed by atoms with van der Waals surface area (Å²) in [6.07, 6.45) is 0. The number of hydrogen-bond donors (Lipinski definition) is 2. The van der Waals surface area contributed by atoms with Gasteiger partial charge in [0, 0.05) is 22.1 Å². The van der Waals surface area contributed by atoms with Crippen LogP contribution in [0.15, 0.2) is 16.6 Å². The second kappa shape index (κ2) is 5.03. The monoisotopic (exact) mass is 301 g/mol. The van der Waals surface area contributed by atoms with Crippen LogP contribution in [0, 0.1) is 0 Å². The maximum Gasteiger partial charge on any atom is 0.312 e. The molecule has 2 rings (SSSR count). The fraction of sp³-hybridized carbons (Fsp3) is 0.364. The van der Waals surface area contributed by atoms with Gasteiger partial charge >= 0.3 is 5.97 Å². The van der Waals surface area contributed by atoms with Crippen molar-refractivity contribution in [2.45, 2.75) is 12.5 Å². The third-order valence-electron chi connectivity index (χ3n) is 2.61. The van der Waals surface area contributed by atoms with E-state index in [-0.39, 0.29) is 13.3 Å². The van der Waals surface area contributed by atoms with E-state index in [2.05, 4.69) is 15.9 Å². The van der Waals surface area contributed by atoms with Crippen LogP contribution >= 0.6 is 15.9 Å². The molecule has 3 N–H and O–H groups in total. The van der Waals surface area contributed by atoms with Gasteiger partial charge < -0.3 is 20.3 Å². The van der Waals surface area contributed by atoms with E-state index in [1.807, 2.05) is 6.07 Å². The average Bonchev–Trinajstić information content (AvgIpc) is 2.29. The molecule has 0 radical (unpaired) electrons. The largest absolute Gasteiger partial charge is 0.481 e. The second-order valence-corrected chi connectivity index (χ2v) is 4.64. The van der Waals surface area contributed by atoms with E-state index < -0.39 is 11.9 Å². The summed E-state index contributed by atoms with van der Waals surface area (Å²) in [6, 6.07) is 3.59. The highest BCUT2D eigenvalue weighted by molar-refractivity contribution is 9.10. The Balaban J connectivity index is 2.51. The van der Waals surface area contributed by atoms with E-state index >= 15 is 0 Å². The molecule has 0 spiro atoms. The molecule has 1 unspecified atom stereocenters. The van der Waals surface area contributed by atoms with E-state index in [4.69, 9.17) is 20.3 Å². The summed E-state index contributed by atoms with van der Waals surface area (Å²) >= 11 is 3.34. The molecule has 0 amide bonds. The van der Waals surface area contributed by atoms with Gasteiger partial charge in [-0.15, -0.1) is 0 Å². The lowest BCUT2D eigenvalue weighted by atomic mass is 9.96. The van der Waals surface area contributed by atoms with Gasteiger partial charge in [-0.1, -0.05) is 15.9 Å². The highest BCUT2D eigenvalue weighted by atomic mass is 79.9. The lowest BCUT2D eigenvalue weighted by Gasteiger charge is -2.23. The molecule has 0 aromatic heterocycles. The molecule has 1 aromatic carbocycles. The maximum atomic E-state index is 11.1. The fourth-order valence-electron chi connectivity index (χ4n) is 1.83. The molecular weight excluding hydrogens is 290 g/mol. The molecule has 17 heavy (non-hydrogen) atoms. The number of nitrogens with two attached hydrogens (primary N) is 1. The fourth-order valence-corrected chi connectivity index (χ4v) is 2.35. The third kappa shape index (κ3) is 2.43. The normalized spacial score (nSPS) is 15.9. The minimum atomic E-state index is -0.956. The first kappa shape index (κ1) is 12.3. The predicted molar refractivity (Wildman–Crippen MR) is 63.9 cm³/mol. The van der Waals surface area contributed by atoms with Gasteiger partial charge in [0.15, 0.2) is 6.79 Å². The molecule has 5 nitrogen and oxygen atoms in total. The summed E-state index contributed by atoms with van der Waals surface area (Å²) in [5.41, 5.74) is 6.93. The molecule has 0 fully saturated rings. The van der Waals surface area contributed by atoms with Crippen molar-refractivity contribution in [1.29, 1.82) is 0 Å². The minimum absolute atomic E-state index is 0.0302. The van der Waals surface area contributed by atoms with Crippen molar-refractivity contribution in [2.75, 3.05) is 13.3 Å². The number of carboxylic acids is 1. The van der Waals surface area contributed by atoms with Gasteiger partial charge in [0.05, 0.1) is 12.5 Å². The molecule has 92 valence electrons. The molecule has 1 atom stereocenters. The lowest BCUT2D eigenvalue weighted by molar-refractivity contribution is -0.138. The zero-order valence-corrected chi connectivity index (χ0v) is 10.6. The maximum absolute atomic E-state index is 11.1. The van der Waals surface area contributed by atoms with Gasteiger partial charge in [-0.25, -0.2) is 0 Å². The topological polar surface area (TPSA) is 81.8 Å². The quantitative estimate of drug-likeness (QED) is 0.883. The molecule has 0 bridgehead atoms. The van der Waals surface area contributed by atoms with Crippen LogP contribution in [0.4, 0.5) is 0 Å². The number of benzene rings is 1. The number of fused-ring (bicyclic) bond motifs is 1. The first-order valence-corrected chi connectivity index (χ1v) is 5.88. The highest BCUT2D eigenvalue weighted by Gasteiger charge is 2.26. The Morgan fingerprint density at radius 1 is 1.59 bits per heavy atom. The zero-order chi connectivity index (χ0) is 12.4. The van der Waals surface area contributed by atoms with Crippen LogP contribution in [0.1, 0.15) is 17.0 Å². The van der Waals surface area contributed by atoms with Gasteiger partial charge in [-0.2, -0.15) is 0 Å². The Hall–Kier alpha value is -1.11. The standard InChI is InChI=1S/C11H12BrNO4/c12-7-1-6-4-16-5-17-10(6)8(2-7)9(3-13)11(14)15/h1-2,9H,3-5,13H2,(H,14,15). The number of ether oxygens (including phenoxy) is 2. The molecule has 6 heteroatoms. The minimum Gasteiger partial charge on any atom is -0.481 e. The lowest BCUT2D eigenvalue weighted by Crippen LogP contribution is -2.23. The van der Waals surface area contributed by atoms with E-state index in [0.29, 0.717) is 17.9 Å². The van der Waals surface area contributed by atoms with Crippen LogP contribution in [0.5, 0.6) is 5.75 Å². The summed E-state index contributed by atoms with van der Waals surface area (Å²) in [6.45, 7) is 0.583. The van der Waals surface area contributed by atoms with E-state index in [9.17, 15) is 4.79 Å². The summed E-state index contributed by atoms with van der Waals surface area (Å²) in [5.74, 6) is -1.14. The first-order valence-electron chi connectivity index (χ1n) is 5.09. The van der Waals surface area contributed by atoms with Crippen molar-refractivity contribution in [3.8, 4) is 5.75 Å². The molecule has 1 heterocycles. The molecule has 0 saturated heterocycles. The molecule has 1 aliphatic rings. The van der Waals surface area contributed by atoms with Gasteiger partial charge in [0.1, 0.15) is 5.75 Å². The van der Waals surface area contributed by atoms with Crippen molar-refractivity contribution < 1.29 is 19.4 Å².